The van der Waals surface area contributed by atoms with E-state index in [1.807, 2.05) is 0 Å². The van der Waals surface area contributed by atoms with E-state index in [4.69, 9.17) is 14.3 Å². The van der Waals surface area contributed by atoms with Crippen molar-refractivity contribution in [2.75, 3.05) is 20.0 Å². The van der Waals surface area contributed by atoms with Crippen molar-refractivity contribution in [2.45, 2.75) is 6.10 Å². The summed E-state index contributed by atoms with van der Waals surface area (Å²) in [6.45, 7) is 1.40. The molecule has 4 nitrogen and oxygen atoms in total. The maximum absolute atomic E-state index is 5.68. The van der Waals surface area contributed by atoms with Gasteiger partial charge in [0.15, 0.2) is 6.10 Å². The molecule has 0 saturated carbocycles. The van der Waals surface area contributed by atoms with Crippen LogP contribution in [0.15, 0.2) is 59.8 Å². The summed E-state index contributed by atoms with van der Waals surface area (Å²) < 4.78 is 11.0. The Morgan fingerprint density at radius 1 is 0.833 bits per heavy atom. The van der Waals surface area contributed by atoms with Crippen molar-refractivity contribution in [2.24, 2.45) is 11.1 Å². The monoisotopic (exact) mass is 319 g/mol. The highest BCUT2D eigenvalue weighted by Crippen LogP contribution is 2.34. The molecule has 0 radical (unpaired) electrons. The van der Waals surface area contributed by atoms with E-state index in [-0.39, 0.29) is 12.0 Å². The fourth-order valence-corrected chi connectivity index (χ4v) is 3.69. The van der Waals surface area contributed by atoms with Crippen molar-refractivity contribution in [1.82, 2.24) is 0 Å². The van der Waals surface area contributed by atoms with Gasteiger partial charge in [-0.25, -0.2) is 0 Å². The molecule has 0 bridgehead atoms. The molecule has 0 amide bonds. The van der Waals surface area contributed by atoms with Crippen LogP contribution in [0.5, 0.6) is 0 Å². The Kier molecular flexibility index (Phi) is 3.25. The third kappa shape index (κ3) is 2.11. The molecule has 24 heavy (non-hydrogen) atoms. The lowest BCUT2D eigenvalue weighted by Gasteiger charge is -2.17. The second-order valence-electron chi connectivity index (χ2n) is 6.28. The first kappa shape index (κ1) is 14.0. The third-order valence-electron chi connectivity index (χ3n) is 4.86. The zero-order valence-electron chi connectivity index (χ0n) is 13.1. The van der Waals surface area contributed by atoms with Crippen molar-refractivity contribution < 1.29 is 14.3 Å². The van der Waals surface area contributed by atoms with Crippen LogP contribution in [0.4, 0.5) is 0 Å². The van der Waals surface area contributed by atoms with Gasteiger partial charge in [0.25, 0.3) is 0 Å². The van der Waals surface area contributed by atoms with Crippen LogP contribution < -0.4 is 0 Å². The van der Waals surface area contributed by atoms with Crippen molar-refractivity contribution in [3.63, 3.8) is 0 Å². The quantitative estimate of drug-likeness (QED) is 0.642. The van der Waals surface area contributed by atoms with Gasteiger partial charge in [0.1, 0.15) is 6.79 Å². The number of fused-ring (bicyclic) bond motifs is 3. The molecule has 1 saturated heterocycles. The van der Waals surface area contributed by atoms with Crippen LogP contribution in [0.2, 0.25) is 0 Å². The Hall–Kier alpha value is -2.43. The van der Waals surface area contributed by atoms with Gasteiger partial charge in [-0.2, -0.15) is 0 Å². The van der Waals surface area contributed by atoms with Gasteiger partial charge < -0.3 is 14.3 Å². The first-order chi connectivity index (χ1) is 11.9. The van der Waals surface area contributed by atoms with E-state index in [0.717, 1.165) is 11.3 Å². The summed E-state index contributed by atoms with van der Waals surface area (Å²) in [5.41, 5.74) is 2.13. The summed E-state index contributed by atoms with van der Waals surface area (Å²) >= 11 is 0. The number of hydrogen-bond donors (Lipinski definition) is 0. The molecule has 2 atom stereocenters. The maximum Gasteiger partial charge on any atom is 0.161 e. The van der Waals surface area contributed by atoms with E-state index in [2.05, 4.69) is 59.8 Å². The van der Waals surface area contributed by atoms with Crippen LogP contribution >= 0.6 is 0 Å². The average molecular weight is 319 g/mol. The standard InChI is InChI=1S/C20H17NO3/c1-3-7-15-13(5-1)9-14-6-2-4-8-16(14)19(15)20-17-10-22-12-23-11-18(17)24-21-20/h1-9,17-18H,10-12H2. The molecule has 1 fully saturated rings. The Labute approximate surface area is 139 Å². The van der Waals surface area contributed by atoms with Crippen LogP contribution in [-0.4, -0.2) is 31.8 Å². The van der Waals surface area contributed by atoms with E-state index in [0.29, 0.717) is 20.0 Å². The van der Waals surface area contributed by atoms with E-state index in [1.165, 1.54) is 21.5 Å². The summed E-state index contributed by atoms with van der Waals surface area (Å²) in [7, 11) is 0. The number of nitrogens with zero attached hydrogens (tertiary/aromatic N) is 1. The minimum atomic E-state index is -0.0692. The highest BCUT2D eigenvalue weighted by molar-refractivity contribution is 6.21. The van der Waals surface area contributed by atoms with Gasteiger partial charge in [0.2, 0.25) is 0 Å². The lowest BCUT2D eigenvalue weighted by molar-refractivity contribution is -0.0511. The highest BCUT2D eigenvalue weighted by Gasteiger charge is 2.38. The van der Waals surface area contributed by atoms with Gasteiger partial charge in [-0.3, -0.25) is 0 Å². The zero-order chi connectivity index (χ0) is 15.9. The molecule has 0 N–H and O–H groups in total. The molecule has 2 aliphatic heterocycles. The molecule has 0 aliphatic carbocycles. The van der Waals surface area contributed by atoms with Gasteiger partial charge in [-0.15, -0.1) is 0 Å². The molecule has 0 aromatic heterocycles. The minimum absolute atomic E-state index is 0.0692. The molecule has 3 aromatic rings. The SMILES string of the molecule is c1ccc2c(C3=NOC4COCOCC34)c3ccccc3cc2c1. The average Bonchev–Trinajstić information content (AvgIpc) is 2.87. The first-order valence-electron chi connectivity index (χ1n) is 8.22. The van der Waals surface area contributed by atoms with Crippen LogP contribution in [0.3, 0.4) is 0 Å². The Bertz CT molecular complexity index is 896. The van der Waals surface area contributed by atoms with E-state index < -0.39 is 0 Å². The summed E-state index contributed by atoms with van der Waals surface area (Å²) in [6.07, 6.45) is -0.0692. The highest BCUT2D eigenvalue weighted by atomic mass is 16.7. The lowest BCUT2D eigenvalue weighted by Crippen LogP contribution is -2.29. The predicted octanol–water partition coefficient (Wildman–Crippen LogP) is 3.72. The van der Waals surface area contributed by atoms with Crippen molar-refractivity contribution in [3.05, 3.63) is 60.2 Å². The van der Waals surface area contributed by atoms with Crippen molar-refractivity contribution >= 4 is 27.3 Å². The Morgan fingerprint density at radius 2 is 1.50 bits per heavy atom. The first-order valence-corrected chi connectivity index (χ1v) is 8.22. The number of benzene rings is 3. The van der Waals surface area contributed by atoms with Gasteiger partial charge in [0, 0.05) is 5.56 Å². The van der Waals surface area contributed by atoms with Crippen LogP contribution in [0, 0.1) is 5.92 Å². The second-order valence-corrected chi connectivity index (χ2v) is 6.28. The number of rotatable bonds is 1. The number of oxime groups is 1. The summed E-state index contributed by atoms with van der Waals surface area (Å²) in [5.74, 6) is 0.0988. The summed E-state index contributed by atoms with van der Waals surface area (Å²) in [4.78, 5) is 5.68. The molecular weight excluding hydrogens is 302 g/mol. The second kappa shape index (κ2) is 5.58. The van der Waals surface area contributed by atoms with Crippen LogP contribution in [-0.2, 0) is 14.3 Å². The predicted molar refractivity (Wildman–Crippen MR) is 93.1 cm³/mol. The van der Waals surface area contributed by atoms with Crippen molar-refractivity contribution in [1.29, 1.82) is 0 Å². The van der Waals surface area contributed by atoms with Crippen LogP contribution in [0.1, 0.15) is 5.56 Å². The number of hydrogen-bond acceptors (Lipinski definition) is 4. The van der Waals surface area contributed by atoms with E-state index in [1.54, 1.807) is 0 Å². The molecule has 0 spiro atoms. The zero-order valence-corrected chi connectivity index (χ0v) is 13.1. The molecule has 5 rings (SSSR count). The van der Waals surface area contributed by atoms with Gasteiger partial charge in [-0.1, -0.05) is 53.7 Å². The Morgan fingerprint density at radius 3 is 2.25 bits per heavy atom. The molecule has 2 unspecified atom stereocenters. The van der Waals surface area contributed by atoms with Crippen LogP contribution in [0.25, 0.3) is 21.5 Å². The molecule has 4 heteroatoms. The molecule has 3 aromatic carbocycles. The molecule has 2 aliphatic rings. The maximum atomic E-state index is 5.68. The fourth-order valence-electron chi connectivity index (χ4n) is 3.69. The van der Waals surface area contributed by atoms with Gasteiger partial charge in [0.05, 0.1) is 24.8 Å². The fraction of sp³-hybridized carbons (Fsp3) is 0.250. The van der Waals surface area contributed by atoms with E-state index >= 15 is 0 Å². The summed E-state index contributed by atoms with van der Waals surface area (Å²) in [6, 6.07) is 19.1. The minimum Gasteiger partial charge on any atom is -0.389 e. The lowest BCUT2D eigenvalue weighted by atomic mass is 9.87. The molecular formula is C20H17NO3. The molecule has 120 valence electrons. The topological polar surface area (TPSA) is 40.0 Å². The van der Waals surface area contributed by atoms with E-state index in [9.17, 15) is 0 Å². The third-order valence-corrected chi connectivity index (χ3v) is 4.86. The number of ether oxygens (including phenoxy) is 2. The normalized spacial score (nSPS) is 23.6. The van der Waals surface area contributed by atoms with Gasteiger partial charge >= 0.3 is 0 Å². The van der Waals surface area contributed by atoms with Gasteiger partial charge in [-0.05, 0) is 27.6 Å². The van der Waals surface area contributed by atoms with Crippen molar-refractivity contribution in [3.8, 4) is 0 Å². The summed E-state index contributed by atoms with van der Waals surface area (Å²) in [5, 5.41) is 9.27. The Balaban J connectivity index is 1.78. The molecule has 2 heterocycles. The largest absolute Gasteiger partial charge is 0.389 e. The smallest absolute Gasteiger partial charge is 0.161 e.